The van der Waals surface area contributed by atoms with Gasteiger partial charge in [-0.1, -0.05) is 30.3 Å². The lowest BCUT2D eigenvalue weighted by Crippen LogP contribution is -2.29. The number of likely N-dealkylation sites (tertiary alicyclic amines) is 1. The van der Waals surface area contributed by atoms with Crippen LogP contribution < -0.4 is 5.73 Å². The van der Waals surface area contributed by atoms with Crippen molar-refractivity contribution in [3.63, 3.8) is 0 Å². The normalized spacial score (nSPS) is 17.1. The van der Waals surface area contributed by atoms with E-state index in [2.05, 4.69) is 15.0 Å². The first kappa shape index (κ1) is 15.5. The molecule has 1 saturated heterocycles. The van der Waals surface area contributed by atoms with Crippen LogP contribution in [-0.2, 0) is 11.2 Å². The molecule has 126 valence electrons. The highest BCUT2D eigenvalue weighted by atomic mass is 16.2. The van der Waals surface area contributed by atoms with Crippen molar-refractivity contribution in [1.82, 2.24) is 19.9 Å². The molecule has 6 heteroatoms. The fourth-order valence-corrected chi connectivity index (χ4v) is 3.31. The molecule has 6 nitrogen and oxygen atoms in total. The number of nitrogen functional groups attached to an aromatic ring is 1. The molecule has 1 amide bonds. The summed E-state index contributed by atoms with van der Waals surface area (Å²) in [5, 5.41) is 0.765. The summed E-state index contributed by atoms with van der Waals surface area (Å²) in [5.41, 5.74) is 8.47. The van der Waals surface area contributed by atoms with Crippen LogP contribution in [0.5, 0.6) is 0 Å². The number of amides is 1. The van der Waals surface area contributed by atoms with Gasteiger partial charge in [-0.3, -0.25) is 4.79 Å². The molecule has 1 atom stereocenters. The largest absolute Gasteiger partial charge is 0.383 e. The maximum absolute atomic E-state index is 12.5. The number of rotatable bonds is 3. The summed E-state index contributed by atoms with van der Waals surface area (Å²) in [6.45, 7) is 1.46. The number of fused-ring (bicyclic) bond motifs is 1. The SMILES string of the molecule is Nc1ncnc2nc(C3CCN(C(=O)Cc4ccccc4)C3)ccc12. The van der Waals surface area contributed by atoms with Gasteiger partial charge in [0.15, 0.2) is 5.65 Å². The zero-order valence-electron chi connectivity index (χ0n) is 13.8. The third-order valence-corrected chi connectivity index (χ3v) is 4.71. The molecular formula is C19H19N5O. The summed E-state index contributed by atoms with van der Waals surface area (Å²) < 4.78 is 0. The molecular weight excluding hydrogens is 314 g/mol. The quantitative estimate of drug-likeness (QED) is 0.794. The van der Waals surface area contributed by atoms with Gasteiger partial charge in [0, 0.05) is 24.7 Å². The van der Waals surface area contributed by atoms with Crippen molar-refractivity contribution >= 4 is 22.8 Å². The molecule has 25 heavy (non-hydrogen) atoms. The Morgan fingerprint density at radius 3 is 2.84 bits per heavy atom. The molecule has 1 unspecified atom stereocenters. The average molecular weight is 333 g/mol. The monoisotopic (exact) mass is 333 g/mol. The topological polar surface area (TPSA) is 85.0 Å². The molecule has 3 aromatic rings. The van der Waals surface area contributed by atoms with E-state index < -0.39 is 0 Å². The van der Waals surface area contributed by atoms with Gasteiger partial charge < -0.3 is 10.6 Å². The third kappa shape index (κ3) is 3.15. The first-order chi connectivity index (χ1) is 12.2. The Bertz CT molecular complexity index is 912. The summed E-state index contributed by atoms with van der Waals surface area (Å²) >= 11 is 0. The van der Waals surface area contributed by atoms with Crippen LogP contribution in [0.3, 0.4) is 0 Å². The molecule has 4 rings (SSSR count). The highest BCUT2D eigenvalue weighted by Gasteiger charge is 2.28. The predicted octanol–water partition coefficient (Wildman–Crippen LogP) is 2.17. The predicted molar refractivity (Wildman–Crippen MR) is 95.8 cm³/mol. The van der Waals surface area contributed by atoms with Crippen molar-refractivity contribution in [3.05, 3.63) is 60.0 Å². The number of hydrogen-bond acceptors (Lipinski definition) is 5. The Kier molecular flexibility index (Phi) is 4.01. The Balaban J connectivity index is 1.48. The van der Waals surface area contributed by atoms with Crippen LogP contribution in [0.4, 0.5) is 5.82 Å². The highest BCUT2D eigenvalue weighted by Crippen LogP contribution is 2.28. The number of nitrogens with two attached hydrogens (primary N) is 1. The number of nitrogens with zero attached hydrogens (tertiary/aromatic N) is 4. The maximum atomic E-state index is 12.5. The molecule has 2 N–H and O–H groups in total. The summed E-state index contributed by atoms with van der Waals surface area (Å²) in [5.74, 6) is 0.844. The van der Waals surface area contributed by atoms with Crippen molar-refractivity contribution in [2.24, 2.45) is 0 Å². The molecule has 1 aliphatic rings. The minimum Gasteiger partial charge on any atom is -0.383 e. The molecule has 0 radical (unpaired) electrons. The fourth-order valence-electron chi connectivity index (χ4n) is 3.31. The Labute approximate surface area is 145 Å². The number of aromatic nitrogens is 3. The van der Waals surface area contributed by atoms with E-state index in [0.29, 0.717) is 24.4 Å². The summed E-state index contributed by atoms with van der Waals surface area (Å²) in [4.78, 5) is 27.3. The molecule has 3 heterocycles. The van der Waals surface area contributed by atoms with Crippen molar-refractivity contribution in [1.29, 1.82) is 0 Å². The standard InChI is InChI=1S/C19H19N5O/c20-18-15-6-7-16(23-19(15)22-12-21-18)14-8-9-24(11-14)17(25)10-13-4-2-1-3-5-13/h1-7,12,14H,8-11H2,(H2,20,21,22,23). The van der Waals surface area contributed by atoms with Gasteiger partial charge >= 0.3 is 0 Å². The van der Waals surface area contributed by atoms with E-state index in [1.807, 2.05) is 47.4 Å². The Hall–Kier alpha value is -3.02. The van der Waals surface area contributed by atoms with Crippen LogP contribution in [0.25, 0.3) is 11.0 Å². The lowest BCUT2D eigenvalue weighted by Gasteiger charge is -2.16. The van der Waals surface area contributed by atoms with Gasteiger partial charge in [-0.15, -0.1) is 0 Å². The van der Waals surface area contributed by atoms with Crippen molar-refractivity contribution in [3.8, 4) is 0 Å². The van der Waals surface area contributed by atoms with Crippen molar-refractivity contribution in [2.45, 2.75) is 18.8 Å². The number of anilines is 1. The van der Waals surface area contributed by atoms with E-state index in [1.54, 1.807) is 0 Å². The first-order valence-electron chi connectivity index (χ1n) is 8.39. The first-order valence-corrected chi connectivity index (χ1v) is 8.39. The smallest absolute Gasteiger partial charge is 0.227 e. The van der Waals surface area contributed by atoms with E-state index in [9.17, 15) is 4.79 Å². The fraction of sp³-hybridized carbons (Fsp3) is 0.263. The Morgan fingerprint density at radius 1 is 1.16 bits per heavy atom. The van der Waals surface area contributed by atoms with E-state index in [0.717, 1.165) is 29.6 Å². The van der Waals surface area contributed by atoms with Crippen molar-refractivity contribution < 1.29 is 4.79 Å². The second kappa shape index (κ2) is 6.47. The number of benzene rings is 1. The van der Waals surface area contributed by atoms with Gasteiger partial charge in [0.25, 0.3) is 0 Å². The van der Waals surface area contributed by atoms with Gasteiger partial charge in [-0.05, 0) is 24.1 Å². The molecule has 0 aliphatic carbocycles. The lowest BCUT2D eigenvalue weighted by atomic mass is 10.0. The summed E-state index contributed by atoms with van der Waals surface area (Å²) in [6.07, 6.45) is 2.79. The number of hydrogen-bond donors (Lipinski definition) is 1. The average Bonchev–Trinajstić information content (AvgIpc) is 3.13. The molecule has 1 aromatic carbocycles. The van der Waals surface area contributed by atoms with Crippen LogP contribution in [0.2, 0.25) is 0 Å². The third-order valence-electron chi connectivity index (χ3n) is 4.71. The number of carbonyl (C=O) groups is 1. The zero-order valence-corrected chi connectivity index (χ0v) is 13.8. The lowest BCUT2D eigenvalue weighted by molar-refractivity contribution is -0.129. The van der Waals surface area contributed by atoms with Gasteiger partial charge in [-0.25, -0.2) is 15.0 Å². The van der Waals surface area contributed by atoms with E-state index >= 15 is 0 Å². The van der Waals surface area contributed by atoms with Crippen LogP contribution in [0, 0.1) is 0 Å². The number of carbonyl (C=O) groups excluding carboxylic acids is 1. The van der Waals surface area contributed by atoms with E-state index in [1.165, 1.54) is 6.33 Å². The zero-order chi connectivity index (χ0) is 17.2. The van der Waals surface area contributed by atoms with Gasteiger partial charge in [0.1, 0.15) is 12.1 Å². The summed E-state index contributed by atoms with van der Waals surface area (Å²) in [6, 6.07) is 13.7. The minimum atomic E-state index is 0.168. The minimum absolute atomic E-state index is 0.168. The van der Waals surface area contributed by atoms with Crippen LogP contribution in [-0.4, -0.2) is 38.8 Å². The van der Waals surface area contributed by atoms with Crippen LogP contribution >= 0.6 is 0 Å². The maximum Gasteiger partial charge on any atom is 0.227 e. The Morgan fingerprint density at radius 2 is 2.00 bits per heavy atom. The second-order valence-electron chi connectivity index (χ2n) is 6.35. The van der Waals surface area contributed by atoms with Gasteiger partial charge in [0.05, 0.1) is 11.8 Å². The molecule has 0 spiro atoms. The van der Waals surface area contributed by atoms with E-state index in [-0.39, 0.29) is 11.8 Å². The highest BCUT2D eigenvalue weighted by molar-refractivity contribution is 5.84. The molecule has 0 bridgehead atoms. The molecule has 2 aromatic heterocycles. The van der Waals surface area contributed by atoms with Gasteiger partial charge in [0.2, 0.25) is 5.91 Å². The van der Waals surface area contributed by atoms with Crippen LogP contribution in [0.1, 0.15) is 23.6 Å². The van der Waals surface area contributed by atoms with Crippen molar-refractivity contribution in [2.75, 3.05) is 18.8 Å². The number of pyridine rings is 1. The summed E-state index contributed by atoms with van der Waals surface area (Å²) in [7, 11) is 0. The molecule has 1 aliphatic heterocycles. The molecule has 0 saturated carbocycles. The van der Waals surface area contributed by atoms with E-state index in [4.69, 9.17) is 5.73 Å². The van der Waals surface area contributed by atoms with Crippen LogP contribution in [0.15, 0.2) is 48.8 Å². The van der Waals surface area contributed by atoms with Gasteiger partial charge in [-0.2, -0.15) is 0 Å². The second-order valence-corrected chi connectivity index (χ2v) is 6.35. The molecule has 1 fully saturated rings.